The van der Waals surface area contributed by atoms with Crippen molar-refractivity contribution in [1.82, 2.24) is 25.0 Å². The molecule has 0 amide bonds. The molecule has 0 bridgehead atoms. The summed E-state index contributed by atoms with van der Waals surface area (Å²) >= 11 is 0. The summed E-state index contributed by atoms with van der Waals surface area (Å²) in [6.07, 6.45) is 6.56. The number of aromatic nitrogens is 5. The second kappa shape index (κ2) is 5.26. The van der Waals surface area contributed by atoms with E-state index in [4.69, 9.17) is 4.74 Å². The Morgan fingerprint density at radius 3 is 2.94 bits per heavy atom. The predicted molar refractivity (Wildman–Crippen MR) is 66.0 cm³/mol. The zero-order valence-corrected chi connectivity index (χ0v) is 10.1. The lowest BCUT2D eigenvalue weighted by Crippen LogP contribution is -2.11. The molecule has 0 saturated carbocycles. The van der Waals surface area contributed by atoms with E-state index in [0.29, 0.717) is 11.5 Å². The predicted octanol–water partition coefficient (Wildman–Crippen LogP) is 0.560. The van der Waals surface area contributed by atoms with Crippen molar-refractivity contribution in [2.45, 2.75) is 13.5 Å². The molecule has 2 aromatic heterocycles. The van der Waals surface area contributed by atoms with Crippen LogP contribution in [0, 0.1) is 0 Å². The van der Waals surface area contributed by atoms with Crippen molar-refractivity contribution in [3.63, 3.8) is 0 Å². The molecule has 0 aromatic carbocycles. The van der Waals surface area contributed by atoms with Crippen LogP contribution in [-0.4, -0.2) is 32.1 Å². The summed E-state index contributed by atoms with van der Waals surface area (Å²) in [7, 11) is 1.42. The molecule has 2 heterocycles. The Morgan fingerprint density at radius 1 is 1.50 bits per heavy atom. The Labute approximate surface area is 103 Å². The van der Waals surface area contributed by atoms with Gasteiger partial charge in [-0.15, -0.1) is 5.10 Å². The molecule has 7 heteroatoms. The highest BCUT2D eigenvalue weighted by molar-refractivity contribution is 5.63. The van der Waals surface area contributed by atoms with Crippen LogP contribution < -0.4 is 10.3 Å². The van der Waals surface area contributed by atoms with Crippen LogP contribution in [0.4, 0.5) is 0 Å². The smallest absolute Gasteiger partial charge is 0.293 e. The summed E-state index contributed by atoms with van der Waals surface area (Å²) in [5.41, 5.74) is 0.389. The molecule has 0 aliphatic rings. The third-order valence-electron chi connectivity index (χ3n) is 2.30. The maximum Gasteiger partial charge on any atom is 0.293 e. The molecule has 0 unspecified atom stereocenters. The van der Waals surface area contributed by atoms with Crippen molar-refractivity contribution >= 4 is 12.2 Å². The van der Waals surface area contributed by atoms with Crippen molar-refractivity contribution < 1.29 is 4.74 Å². The summed E-state index contributed by atoms with van der Waals surface area (Å²) in [4.78, 5) is 18.1. The Morgan fingerprint density at radius 2 is 2.33 bits per heavy atom. The Bertz CT molecular complexity index is 614. The van der Waals surface area contributed by atoms with Crippen LogP contribution in [0.15, 0.2) is 17.2 Å². The first kappa shape index (κ1) is 12.0. The maximum absolute atomic E-state index is 11.4. The van der Waals surface area contributed by atoms with E-state index in [0.717, 1.165) is 6.54 Å². The third kappa shape index (κ3) is 2.62. The first-order chi connectivity index (χ1) is 8.72. The lowest BCUT2D eigenvalue weighted by atomic mass is 10.4. The zero-order chi connectivity index (χ0) is 13.0. The van der Waals surface area contributed by atoms with Crippen LogP contribution >= 0.6 is 0 Å². The molecular formula is C11H13N5O2. The highest BCUT2D eigenvalue weighted by atomic mass is 16.5. The van der Waals surface area contributed by atoms with Gasteiger partial charge in [0.2, 0.25) is 5.75 Å². The molecule has 0 spiro atoms. The quantitative estimate of drug-likeness (QED) is 0.853. The second-order valence-corrected chi connectivity index (χ2v) is 3.50. The van der Waals surface area contributed by atoms with Gasteiger partial charge < -0.3 is 9.72 Å². The fourth-order valence-corrected chi connectivity index (χ4v) is 1.34. The minimum absolute atomic E-state index is 0.184. The number of aryl methyl sites for hydroxylation is 1. The molecule has 0 aliphatic carbocycles. The number of H-pyrrole nitrogens is 1. The van der Waals surface area contributed by atoms with Gasteiger partial charge in [-0.2, -0.15) is 0 Å². The van der Waals surface area contributed by atoms with Gasteiger partial charge in [0, 0.05) is 6.54 Å². The van der Waals surface area contributed by atoms with E-state index in [9.17, 15) is 4.79 Å². The van der Waals surface area contributed by atoms with Gasteiger partial charge >= 0.3 is 0 Å². The fourth-order valence-electron chi connectivity index (χ4n) is 1.34. The van der Waals surface area contributed by atoms with Gasteiger partial charge in [0.25, 0.3) is 5.56 Å². The summed E-state index contributed by atoms with van der Waals surface area (Å²) in [5, 5.41) is 7.83. The number of rotatable bonds is 4. The minimum Gasteiger partial charge on any atom is -0.490 e. The number of hydrogen-bond donors (Lipinski definition) is 1. The van der Waals surface area contributed by atoms with Crippen LogP contribution in [0.3, 0.4) is 0 Å². The number of nitrogens with zero attached hydrogens (tertiary/aromatic N) is 4. The van der Waals surface area contributed by atoms with E-state index in [-0.39, 0.29) is 11.3 Å². The monoisotopic (exact) mass is 247 g/mol. The SMILES string of the molecule is CCn1cc(C=Cc2ncc(OC)c(=O)[nH]2)nn1. The maximum atomic E-state index is 11.4. The normalized spacial score (nSPS) is 11.0. The Kier molecular flexibility index (Phi) is 3.52. The van der Waals surface area contributed by atoms with Crippen molar-refractivity contribution in [3.05, 3.63) is 34.3 Å². The first-order valence-corrected chi connectivity index (χ1v) is 5.44. The molecule has 0 saturated heterocycles. The van der Waals surface area contributed by atoms with Crippen LogP contribution in [0.5, 0.6) is 5.75 Å². The van der Waals surface area contributed by atoms with Crippen molar-refractivity contribution in [1.29, 1.82) is 0 Å². The largest absolute Gasteiger partial charge is 0.490 e. The van der Waals surface area contributed by atoms with Gasteiger partial charge in [-0.3, -0.25) is 9.48 Å². The molecule has 0 radical (unpaired) electrons. The second-order valence-electron chi connectivity index (χ2n) is 3.50. The standard InChI is InChI=1S/C11H13N5O2/c1-3-16-7-8(14-15-16)4-5-10-12-6-9(18-2)11(17)13-10/h4-7H,3H2,1-2H3,(H,12,13,17). The van der Waals surface area contributed by atoms with Gasteiger partial charge in [-0.05, 0) is 19.1 Å². The van der Waals surface area contributed by atoms with Crippen LogP contribution in [0.1, 0.15) is 18.4 Å². The van der Waals surface area contributed by atoms with E-state index in [1.165, 1.54) is 13.3 Å². The summed E-state index contributed by atoms with van der Waals surface area (Å²) < 4.78 is 6.54. The summed E-state index contributed by atoms with van der Waals surface area (Å²) in [5.74, 6) is 0.621. The van der Waals surface area contributed by atoms with E-state index < -0.39 is 0 Å². The van der Waals surface area contributed by atoms with Crippen molar-refractivity contribution in [2.24, 2.45) is 0 Å². The lowest BCUT2D eigenvalue weighted by Gasteiger charge is -1.97. The molecule has 94 valence electrons. The lowest BCUT2D eigenvalue weighted by molar-refractivity contribution is 0.406. The number of nitrogens with one attached hydrogen (secondary N) is 1. The van der Waals surface area contributed by atoms with E-state index in [2.05, 4.69) is 20.3 Å². The minimum atomic E-state index is -0.315. The average Bonchev–Trinajstić information content (AvgIpc) is 2.84. The molecule has 2 rings (SSSR count). The highest BCUT2D eigenvalue weighted by Gasteiger charge is 2.00. The molecule has 0 atom stereocenters. The summed E-state index contributed by atoms with van der Waals surface area (Å²) in [6, 6.07) is 0. The Hall–Kier alpha value is -2.44. The summed E-state index contributed by atoms with van der Waals surface area (Å²) in [6.45, 7) is 2.74. The van der Waals surface area contributed by atoms with Crippen molar-refractivity contribution in [2.75, 3.05) is 7.11 Å². The van der Waals surface area contributed by atoms with Gasteiger partial charge in [0.1, 0.15) is 11.5 Å². The van der Waals surface area contributed by atoms with Gasteiger partial charge in [-0.1, -0.05) is 5.21 Å². The first-order valence-electron chi connectivity index (χ1n) is 5.44. The number of hydrogen-bond acceptors (Lipinski definition) is 5. The van der Waals surface area contributed by atoms with Crippen LogP contribution in [0.25, 0.3) is 12.2 Å². The number of methoxy groups -OCH3 is 1. The number of ether oxygens (including phenoxy) is 1. The van der Waals surface area contributed by atoms with Crippen LogP contribution in [-0.2, 0) is 6.54 Å². The average molecular weight is 247 g/mol. The Balaban J connectivity index is 2.18. The molecule has 0 aliphatic heterocycles. The molecule has 0 fully saturated rings. The van der Waals surface area contributed by atoms with E-state index in [1.807, 2.05) is 6.92 Å². The number of aromatic amines is 1. The zero-order valence-electron chi connectivity index (χ0n) is 10.1. The molecular weight excluding hydrogens is 234 g/mol. The van der Waals surface area contributed by atoms with E-state index >= 15 is 0 Å². The van der Waals surface area contributed by atoms with Gasteiger partial charge in [-0.25, -0.2) is 4.98 Å². The molecule has 18 heavy (non-hydrogen) atoms. The highest BCUT2D eigenvalue weighted by Crippen LogP contribution is 2.02. The topological polar surface area (TPSA) is 85.7 Å². The molecule has 1 N–H and O–H groups in total. The van der Waals surface area contributed by atoms with Gasteiger partial charge in [0.15, 0.2) is 0 Å². The van der Waals surface area contributed by atoms with Crippen molar-refractivity contribution in [3.8, 4) is 5.75 Å². The van der Waals surface area contributed by atoms with Gasteiger partial charge in [0.05, 0.1) is 19.5 Å². The molecule has 2 aromatic rings. The molecule has 7 nitrogen and oxygen atoms in total. The third-order valence-corrected chi connectivity index (χ3v) is 2.30. The van der Waals surface area contributed by atoms with E-state index in [1.54, 1.807) is 23.0 Å². The van der Waals surface area contributed by atoms with Crippen LogP contribution in [0.2, 0.25) is 0 Å². The fraction of sp³-hybridized carbons (Fsp3) is 0.273.